The Morgan fingerprint density at radius 2 is 1.88 bits per heavy atom. The quantitative estimate of drug-likeness (QED) is 0.661. The summed E-state index contributed by atoms with van der Waals surface area (Å²) in [6.45, 7) is 0.507. The van der Waals surface area contributed by atoms with Crippen molar-refractivity contribution in [3.63, 3.8) is 0 Å². The minimum atomic E-state index is -0.117. The number of hydrogen-bond donors (Lipinski definition) is 1. The van der Waals surface area contributed by atoms with Crippen LogP contribution in [0.3, 0.4) is 0 Å². The van der Waals surface area contributed by atoms with Gasteiger partial charge in [-0.15, -0.1) is 11.3 Å². The molecule has 1 heterocycles. The number of hydrogen-bond acceptors (Lipinski definition) is 5. The van der Waals surface area contributed by atoms with Gasteiger partial charge in [0.2, 0.25) is 5.91 Å². The zero-order valence-electron chi connectivity index (χ0n) is 14.6. The third-order valence-electron chi connectivity index (χ3n) is 3.88. The van der Waals surface area contributed by atoms with E-state index in [0.717, 1.165) is 20.1 Å². The second kappa shape index (κ2) is 8.33. The molecule has 0 spiro atoms. The molecule has 2 aromatic carbocycles. The zero-order chi connectivity index (χ0) is 18.5. The van der Waals surface area contributed by atoms with E-state index in [0.29, 0.717) is 17.9 Å². The molecule has 0 aliphatic carbocycles. The zero-order valence-corrected chi connectivity index (χ0v) is 16.2. The molecule has 0 atom stereocenters. The lowest BCUT2D eigenvalue weighted by molar-refractivity contribution is -0.127. The molecule has 1 aromatic heterocycles. The Bertz CT molecular complexity index is 889. The Hall–Kier alpha value is -2.38. The maximum Gasteiger partial charge on any atom is 0.251 e. The first kappa shape index (κ1) is 18.4. The second-order valence-electron chi connectivity index (χ2n) is 5.76. The molecule has 26 heavy (non-hydrogen) atoms. The Balaban J connectivity index is 1.55. The molecule has 3 aromatic rings. The number of fused-ring (bicyclic) bond motifs is 1. The molecule has 0 saturated carbocycles. The number of aromatic nitrogens is 1. The van der Waals surface area contributed by atoms with Crippen molar-refractivity contribution in [3.8, 4) is 0 Å². The first-order valence-corrected chi connectivity index (χ1v) is 9.90. The minimum absolute atomic E-state index is 0.0460. The van der Waals surface area contributed by atoms with Crippen LogP contribution >= 0.6 is 23.1 Å². The van der Waals surface area contributed by atoms with Gasteiger partial charge in [-0.05, 0) is 29.8 Å². The van der Waals surface area contributed by atoms with Gasteiger partial charge in [0.15, 0.2) is 4.34 Å². The summed E-state index contributed by atoms with van der Waals surface area (Å²) < 4.78 is 2.04. The van der Waals surface area contributed by atoms with Crippen molar-refractivity contribution in [3.05, 3.63) is 59.7 Å². The highest BCUT2D eigenvalue weighted by Crippen LogP contribution is 2.29. The summed E-state index contributed by atoms with van der Waals surface area (Å²) in [6, 6.07) is 15.2. The van der Waals surface area contributed by atoms with E-state index >= 15 is 0 Å². The largest absolute Gasteiger partial charge is 0.355 e. The molecule has 5 nitrogen and oxygen atoms in total. The summed E-state index contributed by atoms with van der Waals surface area (Å²) in [6.07, 6.45) is 0. The third-order valence-corrected chi connectivity index (χ3v) is 6.05. The molecule has 7 heteroatoms. The van der Waals surface area contributed by atoms with Gasteiger partial charge in [0.05, 0.1) is 16.0 Å². The van der Waals surface area contributed by atoms with E-state index in [1.165, 1.54) is 11.8 Å². The number of nitrogens with zero attached hydrogens (tertiary/aromatic N) is 2. The van der Waals surface area contributed by atoms with Crippen molar-refractivity contribution in [2.75, 3.05) is 19.8 Å². The highest BCUT2D eigenvalue weighted by atomic mass is 32.2. The number of thiazole rings is 1. The molecule has 0 bridgehead atoms. The van der Waals surface area contributed by atoms with Crippen molar-refractivity contribution in [1.82, 2.24) is 15.2 Å². The molecule has 0 aliphatic heterocycles. The molecule has 3 rings (SSSR count). The van der Waals surface area contributed by atoms with Gasteiger partial charge in [-0.1, -0.05) is 36.0 Å². The predicted molar refractivity (Wildman–Crippen MR) is 107 cm³/mol. The van der Waals surface area contributed by atoms with Gasteiger partial charge in [0.1, 0.15) is 0 Å². The van der Waals surface area contributed by atoms with E-state index in [4.69, 9.17) is 0 Å². The number of amides is 2. The number of carbonyl (C=O) groups is 2. The molecule has 0 fully saturated rings. The highest BCUT2D eigenvalue weighted by Gasteiger charge is 2.12. The maximum atomic E-state index is 12.4. The number of rotatable bonds is 6. The average Bonchev–Trinajstić information content (AvgIpc) is 3.09. The van der Waals surface area contributed by atoms with Crippen molar-refractivity contribution in [1.29, 1.82) is 0 Å². The van der Waals surface area contributed by atoms with E-state index in [2.05, 4.69) is 10.3 Å². The molecular weight excluding hydrogens is 366 g/mol. The van der Waals surface area contributed by atoms with Gasteiger partial charge in [-0.2, -0.15) is 0 Å². The van der Waals surface area contributed by atoms with E-state index in [1.54, 1.807) is 42.5 Å². The fourth-order valence-corrected chi connectivity index (χ4v) is 4.42. The standard InChI is InChI=1S/C19H19N3O2S2/c1-20-18(24)14-9-7-13(8-10-14)11-22(2)17(23)12-25-19-21-15-5-3-4-6-16(15)26-19/h3-10H,11-12H2,1-2H3,(H,20,24). The van der Waals surface area contributed by atoms with Crippen LogP contribution in [0.2, 0.25) is 0 Å². The number of para-hydroxylation sites is 1. The van der Waals surface area contributed by atoms with Crippen molar-refractivity contribution < 1.29 is 9.59 Å². The molecular formula is C19H19N3O2S2. The van der Waals surface area contributed by atoms with Crippen LogP contribution in [0.15, 0.2) is 52.9 Å². The van der Waals surface area contributed by atoms with Gasteiger partial charge < -0.3 is 10.2 Å². The lowest BCUT2D eigenvalue weighted by Crippen LogP contribution is -2.27. The third kappa shape index (κ3) is 4.42. The first-order valence-electron chi connectivity index (χ1n) is 8.10. The molecule has 0 saturated heterocycles. The monoisotopic (exact) mass is 385 g/mol. The van der Waals surface area contributed by atoms with Crippen LogP contribution < -0.4 is 5.32 Å². The molecule has 134 valence electrons. The lowest BCUT2D eigenvalue weighted by Gasteiger charge is -2.17. The van der Waals surface area contributed by atoms with Crippen molar-refractivity contribution in [2.45, 2.75) is 10.9 Å². The van der Waals surface area contributed by atoms with Gasteiger partial charge in [-0.25, -0.2) is 4.98 Å². The Kier molecular flexibility index (Phi) is 5.90. The van der Waals surface area contributed by atoms with Crippen LogP contribution in [0, 0.1) is 0 Å². The topological polar surface area (TPSA) is 62.3 Å². The van der Waals surface area contributed by atoms with E-state index < -0.39 is 0 Å². The van der Waals surface area contributed by atoms with Crippen LogP contribution in [0.4, 0.5) is 0 Å². The Morgan fingerprint density at radius 1 is 1.15 bits per heavy atom. The summed E-state index contributed by atoms with van der Waals surface area (Å²) in [4.78, 5) is 30.2. The predicted octanol–water partition coefficient (Wildman–Crippen LogP) is 3.41. The van der Waals surface area contributed by atoms with Gasteiger partial charge in [0.25, 0.3) is 5.91 Å². The summed E-state index contributed by atoms with van der Waals surface area (Å²) in [7, 11) is 3.39. The molecule has 0 unspecified atom stereocenters. The average molecular weight is 386 g/mol. The van der Waals surface area contributed by atoms with E-state index in [1.807, 2.05) is 36.4 Å². The van der Waals surface area contributed by atoms with Crippen LogP contribution in [-0.2, 0) is 11.3 Å². The van der Waals surface area contributed by atoms with Crippen LogP contribution in [0.5, 0.6) is 0 Å². The normalized spacial score (nSPS) is 10.7. The van der Waals surface area contributed by atoms with Crippen LogP contribution in [0.1, 0.15) is 15.9 Å². The van der Waals surface area contributed by atoms with Gasteiger partial charge in [0, 0.05) is 26.2 Å². The van der Waals surface area contributed by atoms with Crippen LogP contribution in [0.25, 0.3) is 10.2 Å². The van der Waals surface area contributed by atoms with Gasteiger partial charge >= 0.3 is 0 Å². The number of benzene rings is 2. The fourth-order valence-electron chi connectivity index (χ4n) is 2.41. The molecule has 0 radical (unpaired) electrons. The number of nitrogens with one attached hydrogen (secondary N) is 1. The number of thioether (sulfide) groups is 1. The Morgan fingerprint density at radius 3 is 2.58 bits per heavy atom. The summed E-state index contributed by atoms with van der Waals surface area (Å²) in [5.41, 5.74) is 2.56. The smallest absolute Gasteiger partial charge is 0.251 e. The molecule has 1 N–H and O–H groups in total. The lowest BCUT2D eigenvalue weighted by atomic mass is 10.1. The fraction of sp³-hybridized carbons (Fsp3) is 0.211. The summed E-state index contributed by atoms with van der Waals surface area (Å²) >= 11 is 3.07. The van der Waals surface area contributed by atoms with Gasteiger partial charge in [-0.3, -0.25) is 9.59 Å². The maximum absolute atomic E-state index is 12.4. The second-order valence-corrected chi connectivity index (χ2v) is 8.02. The van der Waals surface area contributed by atoms with E-state index in [-0.39, 0.29) is 11.8 Å². The Labute approximate surface area is 160 Å². The SMILES string of the molecule is CNC(=O)c1ccc(CN(C)C(=O)CSc2nc3ccccc3s2)cc1. The summed E-state index contributed by atoms with van der Waals surface area (Å²) in [5, 5.41) is 2.59. The highest BCUT2D eigenvalue weighted by molar-refractivity contribution is 8.01. The van der Waals surface area contributed by atoms with E-state index in [9.17, 15) is 9.59 Å². The molecule has 2 amide bonds. The van der Waals surface area contributed by atoms with Crippen LogP contribution in [-0.4, -0.2) is 41.5 Å². The molecule has 0 aliphatic rings. The summed E-state index contributed by atoms with van der Waals surface area (Å²) in [5.74, 6) is 0.282. The van der Waals surface area contributed by atoms with Crippen molar-refractivity contribution in [2.24, 2.45) is 0 Å². The first-order chi connectivity index (χ1) is 12.6. The number of carbonyl (C=O) groups excluding carboxylic acids is 2. The van der Waals surface area contributed by atoms with Crippen molar-refractivity contribution >= 4 is 45.1 Å². The minimum Gasteiger partial charge on any atom is -0.355 e.